The molecule has 0 aliphatic heterocycles. The summed E-state index contributed by atoms with van der Waals surface area (Å²) in [6, 6.07) is 3.45. The minimum atomic E-state index is -0.281. The van der Waals surface area contributed by atoms with Crippen molar-refractivity contribution >= 4 is 46.0 Å². The molecule has 0 saturated carbocycles. The normalized spacial score (nSPS) is 9.42. The zero-order chi connectivity index (χ0) is 13.5. The molecule has 19 heavy (non-hydrogen) atoms. The van der Waals surface area contributed by atoms with Crippen LogP contribution in [0.15, 0.2) is 22.8 Å². The molecule has 0 unspecified atom stereocenters. The van der Waals surface area contributed by atoms with Gasteiger partial charge in [0.05, 0.1) is 13.1 Å². The van der Waals surface area contributed by atoms with Crippen molar-refractivity contribution in [3.8, 4) is 0 Å². The van der Waals surface area contributed by atoms with Crippen molar-refractivity contribution in [2.75, 3.05) is 32.5 Å². The standard InChI is InChI=1S/C11H15BrN4O2.ClH/c1-13-6-11(18)16(2)7-10(17)15-9-4-3-8(12)5-14-9;/h3-5,13H,6-7H2,1-2H3,(H,14,15,17);1H. The number of halogens is 2. The van der Waals surface area contributed by atoms with Gasteiger partial charge in [-0.2, -0.15) is 0 Å². The highest BCUT2D eigenvalue weighted by Gasteiger charge is 2.12. The van der Waals surface area contributed by atoms with Crippen LogP contribution in [0.1, 0.15) is 0 Å². The van der Waals surface area contributed by atoms with Crippen LogP contribution >= 0.6 is 28.3 Å². The second-order valence-corrected chi connectivity index (χ2v) is 4.61. The molecule has 1 aromatic heterocycles. The van der Waals surface area contributed by atoms with Crippen molar-refractivity contribution in [3.05, 3.63) is 22.8 Å². The Morgan fingerprint density at radius 2 is 2.11 bits per heavy atom. The fraction of sp³-hybridized carbons (Fsp3) is 0.364. The zero-order valence-electron chi connectivity index (χ0n) is 10.6. The molecule has 1 aromatic rings. The highest BCUT2D eigenvalue weighted by atomic mass is 79.9. The Morgan fingerprint density at radius 3 is 2.63 bits per heavy atom. The van der Waals surface area contributed by atoms with Gasteiger partial charge in [-0.25, -0.2) is 4.98 Å². The van der Waals surface area contributed by atoms with E-state index in [0.717, 1.165) is 4.47 Å². The van der Waals surface area contributed by atoms with E-state index in [-0.39, 0.29) is 37.3 Å². The number of carbonyl (C=O) groups is 2. The van der Waals surface area contributed by atoms with E-state index in [1.165, 1.54) is 4.90 Å². The second kappa shape index (κ2) is 8.84. The van der Waals surface area contributed by atoms with E-state index in [1.54, 1.807) is 32.4 Å². The van der Waals surface area contributed by atoms with Crippen molar-refractivity contribution < 1.29 is 9.59 Å². The average molecular weight is 352 g/mol. The van der Waals surface area contributed by atoms with Crippen LogP contribution in [-0.4, -0.2) is 48.9 Å². The van der Waals surface area contributed by atoms with Crippen molar-refractivity contribution in [3.63, 3.8) is 0 Å². The van der Waals surface area contributed by atoms with E-state index in [1.807, 2.05) is 0 Å². The van der Waals surface area contributed by atoms with Gasteiger partial charge in [0.25, 0.3) is 0 Å². The van der Waals surface area contributed by atoms with Gasteiger partial charge in [-0.05, 0) is 35.1 Å². The van der Waals surface area contributed by atoms with Gasteiger partial charge in [-0.3, -0.25) is 9.59 Å². The Hall–Kier alpha value is -1.18. The number of amides is 2. The van der Waals surface area contributed by atoms with Gasteiger partial charge in [0.2, 0.25) is 11.8 Å². The lowest BCUT2D eigenvalue weighted by Gasteiger charge is -2.16. The van der Waals surface area contributed by atoms with Crippen LogP contribution in [0, 0.1) is 0 Å². The lowest BCUT2D eigenvalue weighted by Crippen LogP contribution is -2.39. The van der Waals surface area contributed by atoms with E-state index in [4.69, 9.17) is 0 Å². The van der Waals surface area contributed by atoms with E-state index < -0.39 is 0 Å². The third-order valence-corrected chi connectivity index (χ3v) is 2.60. The molecule has 8 heteroatoms. The monoisotopic (exact) mass is 350 g/mol. The first-order valence-corrected chi connectivity index (χ1v) is 6.12. The quantitative estimate of drug-likeness (QED) is 0.826. The summed E-state index contributed by atoms with van der Waals surface area (Å²) < 4.78 is 0.835. The predicted octanol–water partition coefficient (Wildman–Crippen LogP) is 0.882. The van der Waals surface area contributed by atoms with Crippen molar-refractivity contribution in [2.45, 2.75) is 0 Å². The molecule has 1 rings (SSSR count). The third kappa shape index (κ3) is 6.51. The maximum Gasteiger partial charge on any atom is 0.245 e. The summed E-state index contributed by atoms with van der Waals surface area (Å²) in [5.41, 5.74) is 0. The maximum atomic E-state index is 11.6. The van der Waals surface area contributed by atoms with Gasteiger partial charge < -0.3 is 15.5 Å². The van der Waals surface area contributed by atoms with Crippen LogP contribution in [-0.2, 0) is 9.59 Å². The van der Waals surface area contributed by atoms with Crippen LogP contribution in [0.4, 0.5) is 5.82 Å². The topological polar surface area (TPSA) is 74.3 Å². The number of rotatable bonds is 5. The van der Waals surface area contributed by atoms with Crippen LogP contribution in [0.25, 0.3) is 0 Å². The van der Waals surface area contributed by atoms with Gasteiger partial charge in [0.15, 0.2) is 0 Å². The van der Waals surface area contributed by atoms with E-state index >= 15 is 0 Å². The first-order chi connectivity index (χ1) is 8.52. The summed E-state index contributed by atoms with van der Waals surface area (Å²) in [5, 5.41) is 5.35. The number of pyridine rings is 1. The summed E-state index contributed by atoms with van der Waals surface area (Å²) in [4.78, 5) is 28.4. The summed E-state index contributed by atoms with van der Waals surface area (Å²) in [6.45, 7) is 0.207. The fourth-order valence-electron chi connectivity index (χ4n) is 1.22. The molecule has 6 nitrogen and oxygen atoms in total. The molecule has 0 radical (unpaired) electrons. The van der Waals surface area contributed by atoms with Crippen LogP contribution in [0.5, 0.6) is 0 Å². The van der Waals surface area contributed by atoms with E-state index in [2.05, 4.69) is 31.5 Å². The molecule has 2 N–H and O–H groups in total. The van der Waals surface area contributed by atoms with Gasteiger partial charge in [-0.15, -0.1) is 12.4 Å². The lowest BCUT2D eigenvalue weighted by molar-refractivity contribution is -0.132. The van der Waals surface area contributed by atoms with Gasteiger partial charge >= 0.3 is 0 Å². The minimum Gasteiger partial charge on any atom is -0.335 e. The highest BCUT2D eigenvalue weighted by Crippen LogP contribution is 2.10. The molecule has 0 aromatic carbocycles. The molecule has 0 bridgehead atoms. The first-order valence-electron chi connectivity index (χ1n) is 5.33. The first kappa shape index (κ1) is 17.8. The van der Waals surface area contributed by atoms with E-state index in [9.17, 15) is 9.59 Å². The Kier molecular flexibility index (Phi) is 8.29. The molecule has 0 saturated heterocycles. The second-order valence-electron chi connectivity index (χ2n) is 3.69. The van der Waals surface area contributed by atoms with Crippen molar-refractivity contribution in [1.82, 2.24) is 15.2 Å². The predicted molar refractivity (Wildman–Crippen MR) is 79.4 cm³/mol. The smallest absolute Gasteiger partial charge is 0.245 e. The van der Waals surface area contributed by atoms with Crippen LogP contribution < -0.4 is 10.6 Å². The summed E-state index contributed by atoms with van der Waals surface area (Å²) >= 11 is 3.25. The molecule has 1 heterocycles. The number of carbonyl (C=O) groups excluding carboxylic acids is 2. The van der Waals surface area contributed by atoms with Crippen molar-refractivity contribution in [2.24, 2.45) is 0 Å². The molecule has 106 valence electrons. The van der Waals surface area contributed by atoms with Gasteiger partial charge in [0.1, 0.15) is 5.82 Å². The number of nitrogens with zero attached hydrogens (tertiary/aromatic N) is 2. The lowest BCUT2D eigenvalue weighted by atomic mass is 10.4. The van der Waals surface area contributed by atoms with Gasteiger partial charge in [0, 0.05) is 17.7 Å². The number of nitrogens with one attached hydrogen (secondary N) is 2. The maximum absolute atomic E-state index is 11.6. The summed E-state index contributed by atoms with van der Waals surface area (Å²) in [6.07, 6.45) is 1.59. The zero-order valence-corrected chi connectivity index (χ0v) is 13.0. The highest BCUT2D eigenvalue weighted by molar-refractivity contribution is 9.10. The minimum absolute atomic E-state index is 0. The number of hydrogen-bond donors (Lipinski definition) is 2. The molecular weight excluding hydrogens is 336 g/mol. The fourth-order valence-corrected chi connectivity index (χ4v) is 1.46. The molecule has 2 amide bonds. The molecule has 0 fully saturated rings. The molecule has 0 aliphatic rings. The number of hydrogen-bond acceptors (Lipinski definition) is 4. The largest absolute Gasteiger partial charge is 0.335 e. The molecule has 0 spiro atoms. The average Bonchev–Trinajstić information content (AvgIpc) is 2.32. The Morgan fingerprint density at radius 1 is 1.42 bits per heavy atom. The van der Waals surface area contributed by atoms with Crippen LogP contribution in [0.3, 0.4) is 0 Å². The summed E-state index contributed by atoms with van der Waals surface area (Å²) in [7, 11) is 3.26. The summed E-state index contributed by atoms with van der Waals surface area (Å²) in [5.74, 6) is 0.0332. The molecule has 0 atom stereocenters. The molecule has 0 aliphatic carbocycles. The van der Waals surface area contributed by atoms with Crippen LogP contribution in [0.2, 0.25) is 0 Å². The Bertz CT molecular complexity index is 427. The van der Waals surface area contributed by atoms with E-state index in [0.29, 0.717) is 5.82 Å². The number of anilines is 1. The Balaban J connectivity index is 0.00000324. The molecular formula is C11H16BrClN4O2. The van der Waals surface area contributed by atoms with Gasteiger partial charge in [-0.1, -0.05) is 0 Å². The Labute approximate surface area is 126 Å². The number of aromatic nitrogens is 1. The SMILES string of the molecule is CNCC(=O)N(C)CC(=O)Nc1ccc(Br)cn1.Cl. The van der Waals surface area contributed by atoms with Crippen molar-refractivity contribution in [1.29, 1.82) is 0 Å². The third-order valence-electron chi connectivity index (χ3n) is 2.13. The number of likely N-dealkylation sites (N-methyl/N-ethyl adjacent to an activating group) is 2.